The number of hydrogen-bond acceptors (Lipinski definition) is 3. The Morgan fingerprint density at radius 1 is 1.22 bits per heavy atom. The van der Waals surface area contributed by atoms with Gasteiger partial charge in [0.25, 0.3) is 0 Å². The summed E-state index contributed by atoms with van der Waals surface area (Å²) >= 11 is 0. The Morgan fingerprint density at radius 2 is 2.04 bits per heavy atom. The topological polar surface area (TPSA) is 74.3 Å². The van der Waals surface area contributed by atoms with Crippen molar-refractivity contribution in [1.29, 1.82) is 0 Å². The average Bonchev–Trinajstić information content (AvgIpc) is 3.05. The van der Waals surface area contributed by atoms with Gasteiger partial charge in [-0.1, -0.05) is 12.1 Å². The standard InChI is InChI=1S/C20H31N5O.HI/c1-5-21-20(22-11-6-7-18-14-24-25-16(18)3)23-12-10-17-9-8-15(2)19(13-17)26-4;/h8-9,13-14H,5-7,10-12H2,1-4H3,(H,24,25)(H2,21,22,23);1H. The van der Waals surface area contributed by atoms with Crippen molar-refractivity contribution in [2.24, 2.45) is 4.99 Å². The second-order valence-corrected chi connectivity index (χ2v) is 6.37. The number of rotatable bonds is 9. The van der Waals surface area contributed by atoms with E-state index in [2.05, 4.69) is 64.8 Å². The number of methoxy groups -OCH3 is 1. The second kappa shape index (κ2) is 12.6. The van der Waals surface area contributed by atoms with E-state index in [4.69, 9.17) is 4.74 Å². The highest BCUT2D eigenvalue weighted by molar-refractivity contribution is 14.0. The van der Waals surface area contributed by atoms with Crippen molar-refractivity contribution in [2.75, 3.05) is 26.7 Å². The van der Waals surface area contributed by atoms with Gasteiger partial charge in [0.15, 0.2) is 5.96 Å². The van der Waals surface area contributed by atoms with Crippen LogP contribution < -0.4 is 15.4 Å². The van der Waals surface area contributed by atoms with Crippen LogP contribution in [-0.4, -0.2) is 42.9 Å². The third-order valence-electron chi connectivity index (χ3n) is 4.33. The molecule has 0 aliphatic rings. The molecule has 0 radical (unpaired) electrons. The normalized spacial score (nSPS) is 11.0. The third kappa shape index (κ3) is 7.78. The van der Waals surface area contributed by atoms with Gasteiger partial charge in [-0.2, -0.15) is 5.10 Å². The number of halogens is 1. The van der Waals surface area contributed by atoms with E-state index in [1.807, 2.05) is 6.20 Å². The number of nitrogens with one attached hydrogen (secondary N) is 3. The second-order valence-electron chi connectivity index (χ2n) is 6.37. The van der Waals surface area contributed by atoms with Gasteiger partial charge in [-0.25, -0.2) is 0 Å². The van der Waals surface area contributed by atoms with E-state index in [1.165, 1.54) is 11.1 Å². The van der Waals surface area contributed by atoms with Crippen LogP contribution in [0, 0.1) is 13.8 Å². The Labute approximate surface area is 179 Å². The van der Waals surface area contributed by atoms with Gasteiger partial charge in [0.2, 0.25) is 0 Å². The smallest absolute Gasteiger partial charge is 0.191 e. The summed E-state index contributed by atoms with van der Waals surface area (Å²) in [5.74, 6) is 1.81. The molecule has 0 amide bonds. The maximum atomic E-state index is 5.39. The van der Waals surface area contributed by atoms with Gasteiger partial charge in [0.1, 0.15) is 5.75 Å². The van der Waals surface area contributed by atoms with E-state index >= 15 is 0 Å². The van der Waals surface area contributed by atoms with Crippen molar-refractivity contribution in [2.45, 2.75) is 40.0 Å². The van der Waals surface area contributed by atoms with Crippen LogP contribution in [0.4, 0.5) is 0 Å². The first kappa shape index (κ1) is 23.3. The minimum absolute atomic E-state index is 0. The Morgan fingerprint density at radius 3 is 2.70 bits per heavy atom. The van der Waals surface area contributed by atoms with E-state index in [0.717, 1.165) is 61.9 Å². The zero-order valence-corrected chi connectivity index (χ0v) is 19.1. The highest BCUT2D eigenvalue weighted by atomic mass is 127. The number of aryl methyl sites for hydroxylation is 3. The summed E-state index contributed by atoms with van der Waals surface area (Å²) in [5.41, 5.74) is 4.83. The number of aromatic nitrogens is 2. The molecule has 2 rings (SSSR count). The summed E-state index contributed by atoms with van der Waals surface area (Å²) in [6.07, 6.45) is 4.83. The maximum absolute atomic E-state index is 5.39. The quantitative estimate of drug-likeness (QED) is 0.220. The van der Waals surface area contributed by atoms with Crippen LogP contribution in [0.15, 0.2) is 29.4 Å². The molecular weight excluding hydrogens is 453 g/mol. The van der Waals surface area contributed by atoms with Gasteiger partial charge in [-0.3, -0.25) is 10.1 Å². The number of H-pyrrole nitrogens is 1. The highest BCUT2D eigenvalue weighted by Gasteiger charge is 2.03. The lowest BCUT2D eigenvalue weighted by atomic mass is 10.1. The summed E-state index contributed by atoms with van der Waals surface area (Å²) < 4.78 is 5.39. The minimum atomic E-state index is 0. The fourth-order valence-corrected chi connectivity index (χ4v) is 2.77. The van der Waals surface area contributed by atoms with Crippen molar-refractivity contribution < 1.29 is 4.74 Å². The molecule has 3 N–H and O–H groups in total. The van der Waals surface area contributed by atoms with Crippen LogP contribution in [0.5, 0.6) is 5.75 Å². The molecular formula is C20H32IN5O. The predicted octanol–water partition coefficient (Wildman–Crippen LogP) is 3.38. The summed E-state index contributed by atoms with van der Waals surface area (Å²) in [5, 5.41) is 13.7. The summed E-state index contributed by atoms with van der Waals surface area (Å²) in [6, 6.07) is 6.36. The lowest BCUT2D eigenvalue weighted by molar-refractivity contribution is 0.411. The van der Waals surface area contributed by atoms with Gasteiger partial charge in [-0.15, -0.1) is 24.0 Å². The third-order valence-corrected chi connectivity index (χ3v) is 4.33. The largest absolute Gasteiger partial charge is 0.496 e. The van der Waals surface area contributed by atoms with E-state index in [1.54, 1.807) is 7.11 Å². The van der Waals surface area contributed by atoms with Gasteiger partial charge in [0, 0.05) is 25.3 Å². The van der Waals surface area contributed by atoms with Crippen LogP contribution >= 0.6 is 24.0 Å². The first-order valence-electron chi connectivity index (χ1n) is 9.28. The van der Waals surface area contributed by atoms with Crippen molar-refractivity contribution in [3.63, 3.8) is 0 Å². The molecule has 6 nitrogen and oxygen atoms in total. The maximum Gasteiger partial charge on any atom is 0.191 e. The lowest BCUT2D eigenvalue weighted by Crippen LogP contribution is -2.38. The number of guanidine groups is 1. The number of aliphatic imine (C=N–C) groups is 1. The molecule has 2 aromatic rings. The van der Waals surface area contributed by atoms with Gasteiger partial charge < -0.3 is 15.4 Å². The Balaban J connectivity index is 0.00000364. The number of hydrogen-bond donors (Lipinski definition) is 3. The molecule has 0 saturated carbocycles. The summed E-state index contributed by atoms with van der Waals surface area (Å²) in [4.78, 5) is 4.66. The molecule has 0 atom stereocenters. The van der Waals surface area contributed by atoms with Crippen molar-refractivity contribution in [3.8, 4) is 5.75 Å². The van der Waals surface area contributed by atoms with Crippen LogP contribution in [0.2, 0.25) is 0 Å². The molecule has 0 saturated heterocycles. The SMILES string of the molecule is CCNC(=NCCCc1cn[nH]c1C)NCCc1ccc(C)c(OC)c1.I. The fraction of sp³-hybridized carbons (Fsp3) is 0.500. The van der Waals surface area contributed by atoms with Crippen LogP contribution in [0.25, 0.3) is 0 Å². The van der Waals surface area contributed by atoms with Crippen molar-refractivity contribution in [1.82, 2.24) is 20.8 Å². The summed E-state index contributed by atoms with van der Waals surface area (Å²) in [7, 11) is 1.71. The molecule has 27 heavy (non-hydrogen) atoms. The van der Waals surface area contributed by atoms with Gasteiger partial charge >= 0.3 is 0 Å². The van der Waals surface area contributed by atoms with E-state index < -0.39 is 0 Å². The fourth-order valence-electron chi connectivity index (χ4n) is 2.77. The summed E-state index contributed by atoms with van der Waals surface area (Å²) in [6.45, 7) is 8.66. The van der Waals surface area contributed by atoms with Crippen molar-refractivity contribution >= 4 is 29.9 Å². The molecule has 150 valence electrons. The molecule has 1 aromatic carbocycles. The molecule has 0 unspecified atom stereocenters. The Bertz CT molecular complexity index is 714. The van der Waals surface area contributed by atoms with Crippen LogP contribution in [0.1, 0.15) is 35.7 Å². The minimum Gasteiger partial charge on any atom is -0.496 e. The number of ether oxygens (including phenoxy) is 1. The zero-order chi connectivity index (χ0) is 18.8. The first-order valence-corrected chi connectivity index (χ1v) is 9.28. The molecule has 1 heterocycles. The zero-order valence-electron chi connectivity index (χ0n) is 16.8. The van der Waals surface area contributed by atoms with Gasteiger partial charge in [-0.05, 0) is 62.8 Å². The van der Waals surface area contributed by atoms with E-state index in [9.17, 15) is 0 Å². The van der Waals surface area contributed by atoms with Gasteiger partial charge in [0.05, 0.1) is 13.3 Å². The average molecular weight is 485 g/mol. The lowest BCUT2D eigenvalue weighted by Gasteiger charge is -2.12. The van der Waals surface area contributed by atoms with Crippen LogP contribution in [-0.2, 0) is 12.8 Å². The molecule has 0 spiro atoms. The predicted molar refractivity (Wildman–Crippen MR) is 122 cm³/mol. The first-order chi connectivity index (χ1) is 12.6. The van der Waals surface area contributed by atoms with Crippen LogP contribution in [0.3, 0.4) is 0 Å². The molecule has 0 bridgehead atoms. The number of benzene rings is 1. The van der Waals surface area contributed by atoms with E-state index in [0.29, 0.717) is 0 Å². The molecule has 0 fully saturated rings. The Kier molecular flexibility index (Phi) is 10.8. The molecule has 1 aromatic heterocycles. The Hall–Kier alpha value is -1.77. The number of aromatic amines is 1. The monoisotopic (exact) mass is 485 g/mol. The molecule has 7 heteroatoms. The molecule has 0 aliphatic heterocycles. The highest BCUT2D eigenvalue weighted by Crippen LogP contribution is 2.18. The van der Waals surface area contributed by atoms with Crippen molar-refractivity contribution in [3.05, 3.63) is 46.8 Å². The van der Waals surface area contributed by atoms with E-state index in [-0.39, 0.29) is 24.0 Å². The number of nitrogens with zero attached hydrogens (tertiary/aromatic N) is 2. The molecule has 0 aliphatic carbocycles.